The summed E-state index contributed by atoms with van der Waals surface area (Å²) in [4.78, 5) is 16.5. The van der Waals surface area contributed by atoms with Crippen LogP contribution in [0.5, 0.6) is 0 Å². The van der Waals surface area contributed by atoms with E-state index in [-0.39, 0.29) is 11.7 Å². The Labute approximate surface area is 185 Å². The molecule has 0 atom stereocenters. The first kappa shape index (κ1) is 20.8. The lowest BCUT2D eigenvalue weighted by Crippen LogP contribution is -2.15. The standard InChI is InChI=1S/C24H23N5OS/c1-18-7-9-21(10-8-18)26-22(30)17-31-24-28-27-23(20-11-14-25-15-12-20)29(24)16-13-19-5-3-2-4-6-19/h2-12,14-15H,13,16-17H2,1H3,(H,26,30). The van der Waals surface area contributed by atoms with E-state index < -0.39 is 0 Å². The fourth-order valence-corrected chi connectivity index (χ4v) is 3.93. The molecule has 2 aromatic heterocycles. The molecule has 1 N–H and O–H groups in total. The van der Waals surface area contributed by atoms with E-state index in [0.29, 0.717) is 0 Å². The fourth-order valence-electron chi connectivity index (χ4n) is 3.16. The fraction of sp³-hybridized carbons (Fsp3) is 0.167. The van der Waals surface area contributed by atoms with Crippen LogP contribution in [0.4, 0.5) is 5.69 Å². The van der Waals surface area contributed by atoms with Gasteiger partial charge in [0.05, 0.1) is 5.75 Å². The number of aryl methyl sites for hydroxylation is 2. The highest BCUT2D eigenvalue weighted by molar-refractivity contribution is 7.99. The lowest BCUT2D eigenvalue weighted by atomic mass is 10.1. The predicted octanol–water partition coefficient (Wildman–Crippen LogP) is 4.62. The number of thioether (sulfide) groups is 1. The van der Waals surface area contributed by atoms with Gasteiger partial charge >= 0.3 is 0 Å². The quantitative estimate of drug-likeness (QED) is 0.414. The molecule has 31 heavy (non-hydrogen) atoms. The van der Waals surface area contributed by atoms with Gasteiger partial charge in [0.25, 0.3) is 0 Å². The van der Waals surface area contributed by atoms with Crippen molar-refractivity contribution in [3.8, 4) is 11.4 Å². The third-order valence-corrected chi connectivity index (χ3v) is 5.76. The molecule has 7 heteroatoms. The molecule has 1 amide bonds. The Kier molecular flexibility index (Phi) is 6.74. The summed E-state index contributed by atoms with van der Waals surface area (Å²) in [5.41, 5.74) is 4.14. The molecule has 0 spiro atoms. The minimum atomic E-state index is -0.0723. The molecule has 0 aliphatic heterocycles. The second-order valence-corrected chi connectivity index (χ2v) is 8.07. The van der Waals surface area contributed by atoms with E-state index >= 15 is 0 Å². The zero-order chi connectivity index (χ0) is 21.5. The maximum Gasteiger partial charge on any atom is 0.234 e. The van der Waals surface area contributed by atoms with Crippen molar-refractivity contribution in [1.29, 1.82) is 0 Å². The van der Waals surface area contributed by atoms with Gasteiger partial charge in [-0.2, -0.15) is 0 Å². The SMILES string of the molecule is Cc1ccc(NC(=O)CSc2nnc(-c3ccncc3)n2CCc2ccccc2)cc1. The van der Waals surface area contributed by atoms with Gasteiger partial charge in [-0.25, -0.2) is 0 Å². The van der Waals surface area contributed by atoms with Gasteiger partial charge in [0.2, 0.25) is 5.91 Å². The Bertz CT molecular complexity index is 1130. The van der Waals surface area contributed by atoms with E-state index in [2.05, 4.69) is 37.2 Å². The average molecular weight is 430 g/mol. The third-order valence-electron chi connectivity index (χ3n) is 4.79. The highest BCUT2D eigenvalue weighted by atomic mass is 32.2. The van der Waals surface area contributed by atoms with E-state index in [1.165, 1.54) is 17.3 Å². The van der Waals surface area contributed by atoms with E-state index in [4.69, 9.17) is 0 Å². The molecule has 6 nitrogen and oxygen atoms in total. The summed E-state index contributed by atoms with van der Waals surface area (Å²) in [6, 6.07) is 21.9. The molecule has 2 heterocycles. The monoisotopic (exact) mass is 429 g/mol. The van der Waals surface area contributed by atoms with Crippen molar-refractivity contribution in [3.63, 3.8) is 0 Å². The van der Waals surface area contributed by atoms with E-state index in [1.54, 1.807) is 12.4 Å². The number of rotatable bonds is 8. The van der Waals surface area contributed by atoms with Crippen molar-refractivity contribution < 1.29 is 4.79 Å². The van der Waals surface area contributed by atoms with Gasteiger partial charge in [-0.05, 0) is 43.2 Å². The normalized spacial score (nSPS) is 10.7. The maximum absolute atomic E-state index is 12.4. The molecule has 0 unspecified atom stereocenters. The van der Waals surface area contributed by atoms with Crippen LogP contribution in [0.3, 0.4) is 0 Å². The van der Waals surface area contributed by atoms with Gasteiger partial charge < -0.3 is 9.88 Å². The Balaban J connectivity index is 1.48. The molecule has 0 saturated heterocycles. The maximum atomic E-state index is 12.4. The summed E-state index contributed by atoms with van der Waals surface area (Å²) >= 11 is 1.39. The Morgan fingerprint density at radius 2 is 1.71 bits per heavy atom. The van der Waals surface area contributed by atoms with Crippen molar-refractivity contribution in [2.45, 2.75) is 25.0 Å². The van der Waals surface area contributed by atoms with E-state index in [9.17, 15) is 4.79 Å². The Morgan fingerprint density at radius 3 is 2.45 bits per heavy atom. The summed E-state index contributed by atoms with van der Waals surface area (Å²) < 4.78 is 2.08. The molecular formula is C24H23N5OS. The van der Waals surface area contributed by atoms with Crippen LogP contribution in [-0.4, -0.2) is 31.4 Å². The molecule has 0 saturated carbocycles. The highest BCUT2D eigenvalue weighted by Gasteiger charge is 2.16. The lowest BCUT2D eigenvalue weighted by molar-refractivity contribution is -0.113. The van der Waals surface area contributed by atoms with Crippen LogP contribution in [0, 0.1) is 6.92 Å². The summed E-state index contributed by atoms with van der Waals surface area (Å²) in [5, 5.41) is 12.4. The van der Waals surface area contributed by atoms with Crippen LogP contribution in [-0.2, 0) is 17.8 Å². The molecule has 0 bridgehead atoms. The van der Waals surface area contributed by atoms with Crippen molar-refractivity contribution in [2.24, 2.45) is 0 Å². The van der Waals surface area contributed by atoms with Gasteiger partial charge in [0.15, 0.2) is 11.0 Å². The highest BCUT2D eigenvalue weighted by Crippen LogP contribution is 2.24. The number of nitrogens with zero attached hydrogens (tertiary/aromatic N) is 4. The number of anilines is 1. The Morgan fingerprint density at radius 1 is 0.968 bits per heavy atom. The van der Waals surface area contributed by atoms with Crippen LogP contribution >= 0.6 is 11.8 Å². The van der Waals surface area contributed by atoms with Crippen LogP contribution in [0.25, 0.3) is 11.4 Å². The molecule has 4 rings (SSSR count). The second kappa shape index (κ2) is 10.0. The molecule has 4 aromatic rings. The number of pyridine rings is 1. The van der Waals surface area contributed by atoms with Gasteiger partial charge in [-0.15, -0.1) is 10.2 Å². The van der Waals surface area contributed by atoms with E-state index in [1.807, 2.05) is 61.5 Å². The largest absolute Gasteiger partial charge is 0.325 e. The zero-order valence-corrected chi connectivity index (χ0v) is 18.0. The molecule has 0 fully saturated rings. The van der Waals surface area contributed by atoms with Crippen molar-refractivity contribution >= 4 is 23.4 Å². The van der Waals surface area contributed by atoms with Crippen molar-refractivity contribution in [2.75, 3.05) is 11.1 Å². The number of amides is 1. The second-order valence-electron chi connectivity index (χ2n) is 7.13. The summed E-state index contributed by atoms with van der Waals surface area (Å²) in [6.07, 6.45) is 4.33. The first-order valence-corrected chi connectivity index (χ1v) is 11.0. The molecule has 2 aromatic carbocycles. The predicted molar refractivity (Wildman–Crippen MR) is 124 cm³/mol. The third kappa shape index (κ3) is 5.58. The first-order valence-electron chi connectivity index (χ1n) is 10.1. The molecule has 0 radical (unpaired) electrons. The number of aromatic nitrogens is 4. The van der Waals surface area contributed by atoms with Crippen molar-refractivity contribution in [1.82, 2.24) is 19.7 Å². The molecular weight excluding hydrogens is 406 g/mol. The van der Waals surface area contributed by atoms with Crippen LogP contribution in [0.1, 0.15) is 11.1 Å². The van der Waals surface area contributed by atoms with Crippen LogP contribution in [0.15, 0.2) is 84.3 Å². The van der Waals surface area contributed by atoms with Crippen LogP contribution < -0.4 is 5.32 Å². The van der Waals surface area contributed by atoms with Gasteiger partial charge in [0, 0.05) is 30.2 Å². The van der Waals surface area contributed by atoms with Gasteiger partial charge in [-0.1, -0.05) is 59.8 Å². The van der Waals surface area contributed by atoms with Gasteiger partial charge in [-0.3, -0.25) is 9.78 Å². The lowest BCUT2D eigenvalue weighted by Gasteiger charge is -2.11. The number of nitrogens with one attached hydrogen (secondary N) is 1. The number of hydrogen-bond donors (Lipinski definition) is 1. The smallest absolute Gasteiger partial charge is 0.234 e. The minimum Gasteiger partial charge on any atom is -0.325 e. The summed E-state index contributed by atoms with van der Waals surface area (Å²) in [6.45, 7) is 2.74. The van der Waals surface area contributed by atoms with Gasteiger partial charge in [0.1, 0.15) is 0 Å². The number of carbonyl (C=O) groups is 1. The van der Waals surface area contributed by atoms with Crippen molar-refractivity contribution in [3.05, 3.63) is 90.3 Å². The molecule has 0 aliphatic rings. The molecule has 156 valence electrons. The number of carbonyl (C=O) groups excluding carboxylic acids is 1. The number of benzene rings is 2. The molecule has 0 aliphatic carbocycles. The van der Waals surface area contributed by atoms with Crippen LogP contribution in [0.2, 0.25) is 0 Å². The minimum absolute atomic E-state index is 0.0723. The summed E-state index contributed by atoms with van der Waals surface area (Å²) in [5.74, 6) is 0.963. The Hall–Kier alpha value is -3.45. The first-order chi connectivity index (χ1) is 15.2. The summed E-state index contributed by atoms with van der Waals surface area (Å²) in [7, 11) is 0. The zero-order valence-electron chi connectivity index (χ0n) is 17.2. The topological polar surface area (TPSA) is 72.7 Å². The average Bonchev–Trinajstić information content (AvgIpc) is 3.22. The van der Waals surface area contributed by atoms with E-state index in [0.717, 1.165) is 40.8 Å². The number of hydrogen-bond acceptors (Lipinski definition) is 5.